The van der Waals surface area contributed by atoms with Crippen molar-refractivity contribution < 1.29 is 9.15 Å². The molecule has 0 unspecified atom stereocenters. The van der Waals surface area contributed by atoms with Gasteiger partial charge in [-0.05, 0) is 23.5 Å². The molecular formula is C12H16O2. The quantitative estimate of drug-likeness (QED) is 0.664. The lowest BCUT2D eigenvalue weighted by atomic mass is 9.90. The Morgan fingerprint density at radius 2 is 1.64 bits per heavy atom. The van der Waals surface area contributed by atoms with Crippen molar-refractivity contribution in [2.24, 2.45) is 0 Å². The van der Waals surface area contributed by atoms with Crippen molar-refractivity contribution in [3.05, 3.63) is 23.3 Å². The van der Waals surface area contributed by atoms with Gasteiger partial charge in [-0.25, -0.2) is 0 Å². The summed E-state index contributed by atoms with van der Waals surface area (Å²) in [5.41, 5.74) is 4.47. The molecule has 2 heteroatoms. The van der Waals surface area contributed by atoms with E-state index in [0.717, 1.165) is 11.2 Å². The fraction of sp³-hybridized carbons (Fsp3) is 0.500. The van der Waals surface area contributed by atoms with E-state index < -0.39 is 0 Å². The van der Waals surface area contributed by atoms with Gasteiger partial charge in [0.2, 0.25) is 11.2 Å². The van der Waals surface area contributed by atoms with Crippen LogP contribution in [0.15, 0.2) is 21.3 Å². The van der Waals surface area contributed by atoms with Crippen molar-refractivity contribution in [3.63, 3.8) is 0 Å². The number of hydrogen-bond acceptors (Lipinski definition) is 2. The van der Waals surface area contributed by atoms with Gasteiger partial charge in [0, 0.05) is 5.56 Å². The van der Waals surface area contributed by atoms with Gasteiger partial charge in [0.25, 0.3) is 0 Å². The van der Waals surface area contributed by atoms with Crippen LogP contribution in [0.4, 0.5) is 0 Å². The molecule has 0 N–H and O–H groups in total. The summed E-state index contributed by atoms with van der Waals surface area (Å²) in [6.07, 6.45) is 0. The average Bonchev–Trinajstić information content (AvgIpc) is 2.05. The first-order chi connectivity index (χ1) is 6.61. The van der Waals surface area contributed by atoms with Gasteiger partial charge in [0.1, 0.15) is 0 Å². The summed E-state index contributed by atoms with van der Waals surface area (Å²) in [6, 6.07) is 4.13. The second kappa shape index (κ2) is 3.19. The largest absolute Gasteiger partial charge is 0.286 e. The molecule has 0 radical (unpaired) electrons. The Morgan fingerprint density at radius 3 is 2.07 bits per heavy atom. The molecule has 0 aliphatic carbocycles. The van der Waals surface area contributed by atoms with E-state index in [1.54, 1.807) is 0 Å². The minimum atomic E-state index is 0.478. The predicted molar refractivity (Wildman–Crippen MR) is 56.7 cm³/mol. The molecule has 1 aromatic heterocycles. The maximum Gasteiger partial charge on any atom is 0.229 e. The fourth-order valence-electron chi connectivity index (χ4n) is 1.90. The SMILES string of the molecule is CC(C)c1ccc2ooc2c1C(C)C. The number of fused-ring (bicyclic) bond motifs is 1. The van der Waals surface area contributed by atoms with Gasteiger partial charge >= 0.3 is 0 Å². The van der Waals surface area contributed by atoms with Crippen LogP contribution in [0.5, 0.6) is 0 Å². The van der Waals surface area contributed by atoms with Crippen molar-refractivity contribution in [1.29, 1.82) is 0 Å². The third kappa shape index (κ3) is 1.26. The molecule has 2 rings (SSSR count). The summed E-state index contributed by atoms with van der Waals surface area (Å²) in [4.78, 5) is 0. The van der Waals surface area contributed by atoms with Gasteiger partial charge in [0.15, 0.2) is 0 Å². The normalized spacial score (nSPS) is 12.1. The number of rotatable bonds is 2. The zero-order valence-corrected chi connectivity index (χ0v) is 9.13. The molecule has 0 saturated carbocycles. The van der Waals surface area contributed by atoms with Crippen LogP contribution in [0.1, 0.15) is 50.7 Å². The van der Waals surface area contributed by atoms with E-state index in [0.29, 0.717) is 11.8 Å². The molecule has 2 aromatic rings. The first kappa shape index (κ1) is 9.38. The van der Waals surface area contributed by atoms with Gasteiger partial charge in [-0.1, -0.05) is 33.8 Å². The molecule has 1 aromatic carbocycles. The second-order valence-electron chi connectivity index (χ2n) is 4.37. The third-order valence-corrected chi connectivity index (χ3v) is 2.61. The van der Waals surface area contributed by atoms with Crippen molar-refractivity contribution in [2.75, 3.05) is 0 Å². The molecule has 0 saturated heterocycles. The molecule has 0 bridgehead atoms. The molecule has 0 atom stereocenters. The topological polar surface area (TPSA) is 26.3 Å². The Morgan fingerprint density at radius 1 is 0.929 bits per heavy atom. The van der Waals surface area contributed by atoms with Gasteiger partial charge in [-0.15, -0.1) is 0 Å². The van der Waals surface area contributed by atoms with E-state index in [1.807, 2.05) is 6.07 Å². The molecule has 0 fully saturated rings. The van der Waals surface area contributed by atoms with Crippen LogP contribution >= 0.6 is 0 Å². The van der Waals surface area contributed by atoms with Crippen LogP contribution in [0.25, 0.3) is 11.2 Å². The molecule has 0 aliphatic rings. The zero-order valence-electron chi connectivity index (χ0n) is 9.13. The minimum absolute atomic E-state index is 0.478. The number of benzene rings is 1. The smallest absolute Gasteiger partial charge is 0.229 e. The van der Waals surface area contributed by atoms with Gasteiger partial charge in [0.05, 0.1) is 0 Å². The molecular weight excluding hydrogens is 176 g/mol. The predicted octanol–water partition coefficient (Wildman–Crippen LogP) is 4.27. The summed E-state index contributed by atoms with van der Waals surface area (Å²) in [7, 11) is 0. The highest BCUT2D eigenvalue weighted by molar-refractivity contribution is 5.77. The van der Waals surface area contributed by atoms with Crippen molar-refractivity contribution in [1.82, 2.24) is 0 Å². The van der Waals surface area contributed by atoms with Gasteiger partial charge < -0.3 is 0 Å². The maximum absolute atomic E-state index is 5.06. The van der Waals surface area contributed by atoms with E-state index in [2.05, 4.69) is 33.8 Å². The summed E-state index contributed by atoms with van der Waals surface area (Å²) in [5, 5.41) is 0. The van der Waals surface area contributed by atoms with Crippen LogP contribution in [0, 0.1) is 0 Å². The van der Waals surface area contributed by atoms with Gasteiger partial charge in [-0.2, -0.15) is 0 Å². The summed E-state index contributed by atoms with van der Waals surface area (Å²) in [6.45, 7) is 8.77. The highest BCUT2D eigenvalue weighted by Gasteiger charge is 2.19. The number of hydrogen-bond donors (Lipinski definition) is 0. The van der Waals surface area contributed by atoms with Crippen molar-refractivity contribution >= 4 is 11.2 Å². The van der Waals surface area contributed by atoms with Crippen molar-refractivity contribution in [3.8, 4) is 0 Å². The zero-order chi connectivity index (χ0) is 10.3. The van der Waals surface area contributed by atoms with Crippen LogP contribution in [-0.4, -0.2) is 0 Å². The monoisotopic (exact) mass is 192 g/mol. The molecule has 2 nitrogen and oxygen atoms in total. The highest BCUT2D eigenvalue weighted by atomic mass is 17.0. The molecule has 0 aliphatic heterocycles. The minimum Gasteiger partial charge on any atom is -0.286 e. The van der Waals surface area contributed by atoms with Crippen LogP contribution in [0.3, 0.4) is 0 Å². The van der Waals surface area contributed by atoms with E-state index in [-0.39, 0.29) is 0 Å². The van der Waals surface area contributed by atoms with Gasteiger partial charge in [-0.3, -0.25) is 9.15 Å². The highest BCUT2D eigenvalue weighted by Crippen LogP contribution is 2.34. The summed E-state index contributed by atoms with van der Waals surface area (Å²) >= 11 is 0. The Labute approximate surface area is 83.8 Å². The van der Waals surface area contributed by atoms with E-state index in [1.165, 1.54) is 11.1 Å². The molecule has 0 spiro atoms. The fourth-order valence-corrected chi connectivity index (χ4v) is 1.90. The molecule has 14 heavy (non-hydrogen) atoms. The van der Waals surface area contributed by atoms with E-state index in [4.69, 9.17) is 9.15 Å². The van der Waals surface area contributed by atoms with Crippen LogP contribution in [0.2, 0.25) is 0 Å². The Hall–Kier alpha value is -1.18. The standard InChI is InChI=1S/C12H16O2/c1-7(2)9-5-6-10-12(14-13-10)11(9)8(3)4/h5-8H,1-4H3. The lowest BCUT2D eigenvalue weighted by Crippen LogP contribution is -2.00. The molecule has 0 amide bonds. The third-order valence-electron chi connectivity index (χ3n) is 2.61. The van der Waals surface area contributed by atoms with Crippen LogP contribution < -0.4 is 0 Å². The second-order valence-corrected chi connectivity index (χ2v) is 4.37. The summed E-state index contributed by atoms with van der Waals surface area (Å²) in [5.74, 6) is 1.01. The Bertz CT molecular complexity index is 432. The van der Waals surface area contributed by atoms with Crippen LogP contribution in [-0.2, 0) is 0 Å². The first-order valence-electron chi connectivity index (χ1n) is 5.12. The van der Waals surface area contributed by atoms with E-state index >= 15 is 0 Å². The lowest BCUT2D eigenvalue weighted by molar-refractivity contribution is 0.0577. The first-order valence-corrected chi connectivity index (χ1v) is 5.12. The molecule has 76 valence electrons. The summed E-state index contributed by atoms with van der Waals surface area (Å²) < 4.78 is 9.96. The lowest BCUT2D eigenvalue weighted by Gasteiger charge is -2.16. The average molecular weight is 192 g/mol. The van der Waals surface area contributed by atoms with E-state index in [9.17, 15) is 0 Å². The molecule has 1 heterocycles. The Balaban J connectivity index is 2.65. The maximum atomic E-state index is 5.06. The Kier molecular flexibility index (Phi) is 2.14. The van der Waals surface area contributed by atoms with Crippen molar-refractivity contribution in [2.45, 2.75) is 39.5 Å².